The molecule has 36 heavy (non-hydrogen) atoms. The lowest BCUT2D eigenvalue weighted by Crippen LogP contribution is -2.48. The Bertz CT molecular complexity index is 1460. The van der Waals surface area contributed by atoms with E-state index in [1.54, 1.807) is 37.6 Å². The number of aromatic nitrogens is 4. The third-order valence-electron chi connectivity index (χ3n) is 6.68. The molecule has 1 aromatic carbocycles. The third-order valence-corrected chi connectivity index (χ3v) is 6.96. The summed E-state index contributed by atoms with van der Waals surface area (Å²) in [6.07, 6.45) is 4.25. The van der Waals surface area contributed by atoms with Gasteiger partial charge in [-0.3, -0.25) is 14.3 Å². The minimum atomic E-state index is -0.212. The largest absolute Gasteiger partial charge is 0.480 e. The number of hydrogen-bond acceptors (Lipinski definition) is 6. The van der Waals surface area contributed by atoms with Crippen LogP contribution >= 0.6 is 11.6 Å². The van der Waals surface area contributed by atoms with Crippen molar-refractivity contribution >= 4 is 28.9 Å². The molecule has 0 spiro atoms. The van der Waals surface area contributed by atoms with E-state index >= 15 is 0 Å². The van der Waals surface area contributed by atoms with Gasteiger partial charge in [-0.05, 0) is 37.6 Å². The second-order valence-electron chi connectivity index (χ2n) is 9.00. The molecule has 10 heteroatoms. The number of benzene rings is 1. The average molecular weight is 507 g/mol. The van der Waals surface area contributed by atoms with Crippen LogP contribution in [0, 0.1) is 6.92 Å². The zero-order chi connectivity index (χ0) is 25.4. The molecule has 1 aliphatic heterocycles. The molecule has 0 radical (unpaired) electrons. The maximum Gasteiger partial charge on any atom is 0.269 e. The fourth-order valence-corrected chi connectivity index (χ4v) is 5.00. The number of nitrogens with zero attached hydrogens (tertiary/aromatic N) is 4. The van der Waals surface area contributed by atoms with Gasteiger partial charge in [-0.1, -0.05) is 29.8 Å². The number of nitrogens with one attached hydrogen (secondary N) is 2. The number of rotatable bonds is 6. The fourth-order valence-electron chi connectivity index (χ4n) is 4.74. The Kier molecular flexibility index (Phi) is 6.51. The molecule has 5 rings (SSSR count). The summed E-state index contributed by atoms with van der Waals surface area (Å²) >= 11 is 6.40. The zero-order valence-electron chi connectivity index (χ0n) is 20.3. The van der Waals surface area contributed by atoms with Gasteiger partial charge in [-0.25, -0.2) is 4.98 Å². The molecule has 9 nitrogen and oxygen atoms in total. The summed E-state index contributed by atoms with van der Waals surface area (Å²) in [6.45, 7) is 3.39. The summed E-state index contributed by atoms with van der Waals surface area (Å²) in [5.74, 6) is 0.0450. The molecule has 1 fully saturated rings. The summed E-state index contributed by atoms with van der Waals surface area (Å²) < 4.78 is 8.47. The van der Waals surface area contributed by atoms with E-state index in [1.165, 1.54) is 11.8 Å². The van der Waals surface area contributed by atoms with Crippen molar-refractivity contribution in [2.75, 3.05) is 20.2 Å². The minimum absolute atomic E-state index is 0.00691. The summed E-state index contributed by atoms with van der Waals surface area (Å²) in [6, 6.07) is 10.8. The third kappa shape index (κ3) is 4.47. The lowest BCUT2D eigenvalue weighted by molar-refractivity contribution is 0.0913. The lowest BCUT2D eigenvalue weighted by atomic mass is 9.85. The van der Waals surface area contributed by atoms with E-state index in [-0.39, 0.29) is 23.7 Å². The van der Waals surface area contributed by atoms with E-state index < -0.39 is 0 Å². The van der Waals surface area contributed by atoms with Crippen LogP contribution < -0.4 is 15.4 Å². The average Bonchev–Trinajstić information content (AvgIpc) is 3.46. The molecular formula is C26H27ClN6O3. The number of fused-ring (bicyclic) bond motifs is 1. The molecule has 1 saturated heterocycles. The maximum absolute atomic E-state index is 13.4. The molecular weight excluding hydrogens is 480 g/mol. The van der Waals surface area contributed by atoms with Gasteiger partial charge < -0.3 is 19.8 Å². The number of halogens is 1. The number of ketones is 1. The van der Waals surface area contributed by atoms with Gasteiger partial charge in [0.05, 0.1) is 12.1 Å². The Hall–Kier alpha value is -3.69. The van der Waals surface area contributed by atoms with Gasteiger partial charge in [0.25, 0.3) is 5.91 Å². The van der Waals surface area contributed by atoms with Crippen LogP contribution in [0.3, 0.4) is 0 Å². The van der Waals surface area contributed by atoms with Gasteiger partial charge in [0.2, 0.25) is 5.88 Å². The number of methoxy groups -OCH3 is 1. The highest BCUT2D eigenvalue weighted by Gasteiger charge is 2.29. The van der Waals surface area contributed by atoms with Crippen LogP contribution in [0.25, 0.3) is 5.65 Å². The normalized spacial score (nSPS) is 17.8. The van der Waals surface area contributed by atoms with Crippen molar-refractivity contribution in [3.8, 4) is 5.88 Å². The number of pyridine rings is 1. The minimum Gasteiger partial charge on any atom is -0.480 e. The SMILES string of the molecule is COc1cc(C(=O)N[C@@H]2CCNC[C@@H]2c2cccc(C(=O)c3cc(Cl)c4ncc(C)n4c3)c2)n(C)n1. The molecule has 3 aromatic heterocycles. The van der Waals surface area contributed by atoms with Crippen LogP contribution in [0.1, 0.15) is 50.0 Å². The first-order valence-electron chi connectivity index (χ1n) is 11.7. The summed E-state index contributed by atoms with van der Waals surface area (Å²) in [5, 5.41) is 11.2. The van der Waals surface area contributed by atoms with E-state index in [0.717, 1.165) is 24.2 Å². The van der Waals surface area contributed by atoms with E-state index in [9.17, 15) is 9.59 Å². The van der Waals surface area contributed by atoms with Gasteiger partial charge >= 0.3 is 0 Å². The first kappa shape index (κ1) is 24.0. The molecule has 186 valence electrons. The Balaban J connectivity index is 1.40. The van der Waals surface area contributed by atoms with Crippen LogP contribution in [0.2, 0.25) is 5.02 Å². The van der Waals surface area contributed by atoms with Gasteiger partial charge in [-0.15, -0.1) is 5.10 Å². The first-order chi connectivity index (χ1) is 17.4. The molecule has 2 N–H and O–H groups in total. The quantitative estimate of drug-likeness (QED) is 0.389. The summed E-state index contributed by atoms with van der Waals surface area (Å²) in [4.78, 5) is 30.7. The smallest absolute Gasteiger partial charge is 0.269 e. The van der Waals surface area contributed by atoms with Crippen molar-refractivity contribution in [1.82, 2.24) is 29.8 Å². The van der Waals surface area contributed by atoms with Gasteiger partial charge in [0.1, 0.15) is 5.69 Å². The molecule has 1 amide bonds. The molecule has 2 atom stereocenters. The number of hydrogen-bond donors (Lipinski definition) is 2. The molecule has 4 heterocycles. The zero-order valence-corrected chi connectivity index (χ0v) is 21.0. The number of piperidine rings is 1. The number of carbonyl (C=O) groups excluding carboxylic acids is 2. The molecule has 1 aliphatic rings. The lowest BCUT2D eigenvalue weighted by Gasteiger charge is -2.33. The molecule has 0 unspecified atom stereocenters. The van der Waals surface area contributed by atoms with Crippen molar-refractivity contribution in [2.24, 2.45) is 7.05 Å². The molecule has 0 bridgehead atoms. The molecule has 4 aromatic rings. The first-order valence-corrected chi connectivity index (χ1v) is 12.1. The van der Waals surface area contributed by atoms with Crippen LogP contribution in [0.4, 0.5) is 0 Å². The number of aryl methyl sites for hydroxylation is 2. The number of amides is 1. The summed E-state index contributed by atoms with van der Waals surface area (Å²) in [5.41, 5.74) is 3.97. The standard InChI is InChI=1S/C26H27ClN6O3/c1-15-12-29-25-20(27)10-18(14-33(15)25)24(34)17-6-4-5-16(9-17)19-13-28-8-7-21(19)30-26(35)22-11-23(36-3)31-32(22)2/h4-6,9-12,14,19,21,28H,7-8,13H2,1-3H3,(H,30,35)/t19-,21-/m1/s1. The highest BCUT2D eigenvalue weighted by molar-refractivity contribution is 6.34. The van der Waals surface area contributed by atoms with E-state index in [4.69, 9.17) is 16.3 Å². The highest BCUT2D eigenvalue weighted by atomic mass is 35.5. The topological polar surface area (TPSA) is 103 Å². The Morgan fingerprint density at radius 1 is 1.22 bits per heavy atom. The Labute approximate surface area is 213 Å². The predicted molar refractivity (Wildman–Crippen MR) is 136 cm³/mol. The van der Waals surface area contributed by atoms with Crippen molar-refractivity contribution in [3.63, 3.8) is 0 Å². The molecule has 0 saturated carbocycles. The predicted octanol–water partition coefficient (Wildman–Crippen LogP) is 3.14. The van der Waals surface area contributed by atoms with Crippen LogP contribution in [0.15, 0.2) is 48.8 Å². The van der Waals surface area contributed by atoms with E-state index in [1.807, 2.05) is 29.5 Å². The van der Waals surface area contributed by atoms with Gasteiger partial charge in [-0.2, -0.15) is 0 Å². The fraction of sp³-hybridized carbons (Fsp3) is 0.308. The Morgan fingerprint density at radius 3 is 2.83 bits per heavy atom. The van der Waals surface area contributed by atoms with Gasteiger partial charge in [0.15, 0.2) is 11.4 Å². The number of imidazole rings is 1. The number of carbonyl (C=O) groups is 2. The van der Waals surface area contributed by atoms with E-state index in [2.05, 4.69) is 20.7 Å². The number of ether oxygens (including phenoxy) is 1. The second kappa shape index (κ2) is 9.75. The summed E-state index contributed by atoms with van der Waals surface area (Å²) in [7, 11) is 3.23. The Morgan fingerprint density at radius 2 is 2.06 bits per heavy atom. The monoisotopic (exact) mass is 506 g/mol. The second-order valence-corrected chi connectivity index (χ2v) is 9.41. The van der Waals surface area contributed by atoms with Crippen LogP contribution in [0.5, 0.6) is 5.88 Å². The highest BCUT2D eigenvalue weighted by Crippen LogP contribution is 2.27. The van der Waals surface area contributed by atoms with Crippen molar-refractivity contribution in [3.05, 3.63) is 81.9 Å². The van der Waals surface area contributed by atoms with Crippen LogP contribution in [-0.4, -0.2) is 57.1 Å². The van der Waals surface area contributed by atoms with Crippen molar-refractivity contribution < 1.29 is 14.3 Å². The van der Waals surface area contributed by atoms with Gasteiger partial charge in [0, 0.05) is 60.8 Å². The molecule has 0 aliphatic carbocycles. The van der Waals surface area contributed by atoms with Crippen molar-refractivity contribution in [2.45, 2.75) is 25.3 Å². The van der Waals surface area contributed by atoms with Crippen molar-refractivity contribution in [1.29, 1.82) is 0 Å². The van der Waals surface area contributed by atoms with E-state index in [0.29, 0.717) is 39.9 Å². The maximum atomic E-state index is 13.4. The van der Waals surface area contributed by atoms with Crippen LogP contribution in [-0.2, 0) is 7.05 Å².